The van der Waals surface area contributed by atoms with Crippen LogP contribution in [-0.4, -0.2) is 49.1 Å². The van der Waals surface area contributed by atoms with Crippen molar-refractivity contribution in [3.63, 3.8) is 0 Å². The van der Waals surface area contributed by atoms with E-state index in [1.165, 1.54) is 77.3 Å². The highest BCUT2D eigenvalue weighted by Gasteiger charge is 2.43. The van der Waals surface area contributed by atoms with Crippen molar-refractivity contribution in [3.05, 3.63) is 0 Å². The molecule has 1 aliphatic heterocycles. The van der Waals surface area contributed by atoms with Crippen LogP contribution in [0.4, 0.5) is 0 Å². The van der Waals surface area contributed by atoms with Crippen LogP contribution in [0.3, 0.4) is 0 Å². The van der Waals surface area contributed by atoms with E-state index in [2.05, 4.69) is 20.5 Å². The van der Waals surface area contributed by atoms with Gasteiger partial charge in [0.15, 0.2) is 5.96 Å². The Balaban J connectivity index is 1.19. The van der Waals surface area contributed by atoms with E-state index in [1.807, 2.05) is 7.05 Å². The summed E-state index contributed by atoms with van der Waals surface area (Å²) in [6.07, 6.45) is 14.1. The lowest BCUT2D eigenvalue weighted by molar-refractivity contribution is 0.197. The molecule has 2 N–H and O–H groups in total. The van der Waals surface area contributed by atoms with Gasteiger partial charge < -0.3 is 15.5 Å². The fourth-order valence-electron chi connectivity index (χ4n) is 4.85. The first-order chi connectivity index (χ1) is 11.3. The van der Waals surface area contributed by atoms with Crippen LogP contribution in [-0.2, 0) is 0 Å². The Hall–Kier alpha value is -0.770. The number of hydrogen-bond donors (Lipinski definition) is 2. The average molecular weight is 319 g/mol. The molecular weight excluding hydrogens is 284 g/mol. The molecule has 0 amide bonds. The molecule has 0 spiro atoms. The zero-order valence-electron chi connectivity index (χ0n) is 14.8. The highest BCUT2D eigenvalue weighted by molar-refractivity contribution is 5.80. The molecule has 4 nitrogen and oxygen atoms in total. The molecule has 2 atom stereocenters. The molecule has 130 valence electrons. The Bertz CT molecular complexity index is 417. The summed E-state index contributed by atoms with van der Waals surface area (Å²) in [5.74, 6) is 2.96. The number of nitrogens with one attached hydrogen (secondary N) is 2. The van der Waals surface area contributed by atoms with Crippen molar-refractivity contribution in [2.75, 3.05) is 20.1 Å². The van der Waals surface area contributed by atoms with Gasteiger partial charge in [-0.05, 0) is 43.9 Å². The van der Waals surface area contributed by atoms with Gasteiger partial charge >= 0.3 is 0 Å². The SMILES string of the molecule is CN=C(NC1CCN(C2CC2)CC1)NC1CC1C1CCCCC1. The van der Waals surface area contributed by atoms with Gasteiger partial charge in [0.2, 0.25) is 0 Å². The van der Waals surface area contributed by atoms with Crippen LogP contribution >= 0.6 is 0 Å². The Labute approximate surface area is 141 Å². The van der Waals surface area contributed by atoms with Gasteiger partial charge in [-0.2, -0.15) is 0 Å². The molecule has 1 heterocycles. The van der Waals surface area contributed by atoms with E-state index >= 15 is 0 Å². The van der Waals surface area contributed by atoms with Crippen LogP contribution in [0.15, 0.2) is 4.99 Å². The van der Waals surface area contributed by atoms with E-state index in [9.17, 15) is 0 Å². The summed E-state index contributed by atoms with van der Waals surface area (Å²) in [6.45, 7) is 2.54. The van der Waals surface area contributed by atoms with Gasteiger partial charge in [0.05, 0.1) is 0 Å². The lowest BCUT2D eigenvalue weighted by Crippen LogP contribution is -2.49. The van der Waals surface area contributed by atoms with E-state index in [4.69, 9.17) is 0 Å². The Morgan fingerprint density at radius 3 is 2.30 bits per heavy atom. The van der Waals surface area contributed by atoms with Crippen LogP contribution < -0.4 is 10.6 Å². The summed E-state index contributed by atoms with van der Waals surface area (Å²) >= 11 is 0. The van der Waals surface area contributed by atoms with E-state index < -0.39 is 0 Å². The van der Waals surface area contributed by atoms with E-state index in [1.54, 1.807) is 0 Å². The molecule has 0 aromatic heterocycles. The first kappa shape index (κ1) is 15.7. The lowest BCUT2D eigenvalue weighted by atomic mass is 9.85. The van der Waals surface area contributed by atoms with E-state index in [-0.39, 0.29) is 0 Å². The van der Waals surface area contributed by atoms with Gasteiger partial charge in [-0.25, -0.2) is 0 Å². The van der Waals surface area contributed by atoms with Gasteiger partial charge in [0.1, 0.15) is 0 Å². The molecule has 3 saturated carbocycles. The Kier molecular flexibility index (Phi) is 4.79. The molecule has 3 aliphatic carbocycles. The van der Waals surface area contributed by atoms with Gasteiger partial charge in [0.25, 0.3) is 0 Å². The topological polar surface area (TPSA) is 39.7 Å². The van der Waals surface area contributed by atoms with Crippen LogP contribution in [0.1, 0.15) is 64.2 Å². The zero-order valence-corrected chi connectivity index (χ0v) is 14.8. The minimum atomic E-state index is 0.614. The van der Waals surface area contributed by atoms with Crippen molar-refractivity contribution in [2.45, 2.75) is 82.3 Å². The normalized spacial score (nSPS) is 34.4. The number of hydrogen-bond acceptors (Lipinski definition) is 2. The third-order valence-corrected chi connectivity index (χ3v) is 6.57. The minimum absolute atomic E-state index is 0.614. The number of nitrogens with zero attached hydrogens (tertiary/aromatic N) is 2. The molecule has 1 saturated heterocycles. The first-order valence-corrected chi connectivity index (χ1v) is 10.1. The third-order valence-electron chi connectivity index (χ3n) is 6.57. The lowest BCUT2D eigenvalue weighted by Gasteiger charge is -2.33. The summed E-state index contributed by atoms with van der Waals surface area (Å²) in [6, 6.07) is 2.23. The molecule has 4 aliphatic rings. The van der Waals surface area contributed by atoms with Crippen molar-refractivity contribution in [3.8, 4) is 0 Å². The first-order valence-electron chi connectivity index (χ1n) is 10.1. The molecule has 0 radical (unpaired) electrons. The maximum Gasteiger partial charge on any atom is 0.191 e. The van der Waals surface area contributed by atoms with Crippen molar-refractivity contribution in [2.24, 2.45) is 16.8 Å². The molecule has 4 rings (SSSR count). The van der Waals surface area contributed by atoms with Gasteiger partial charge in [-0.1, -0.05) is 32.1 Å². The quantitative estimate of drug-likeness (QED) is 0.618. The van der Waals surface area contributed by atoms with Crippen molar-refractivity contribution < 1.29 is 0 Å². The van der Waals surface area contributed by atoms with Crippen LogP contribution in [0.25, 0.3) is 0 Å². The third kappa shape index (κ3) is 4.01. The molecule has 0 aromatic rings. The second-order valence-corrected chi connectivity index (χ2v) is 8.31. The Morgan fingerprint density at radius 1 is 0.913 bits per heavy atom. The molecule has 4 fully saturated rings. The van der Waals surface area contributed by atoms with E-state index in [0.717, 1.165) is 23.8 Å². The molecule has 4 heteroatoms. The monoisotopic (exact) mass is 318 g/mol. The number of likely N-dealkylation sites (tertiary alicyclic amines) is 1. The fourth-order valence-corrected chi connectivity index (χ4v) is 4.85. The summed E-state index contributed by atoms with van der Waals surface area (Å²) in [7, 11) is 1.92. The highest BCUT2D eigenvalue weighted by atomic mass is 15.2. The van der Waals surface area contributed by atoms with Crippen LogP contribution in [0.5, 0.6) is 0 Å². The summed E-state index contributed by atoms with van der Waals surface area (Å²) < 4.78 is 0. The summed E-state index contributed by atoms with van der Waals surface area (Å²) in [5.41, 5.74) is 0. The Morgan fingerprint density at radius 2 is 1.65 bits per heavy atom. The number of guanidine groups is 1. The second-order valence-electron chi connectivity index (χ2n) is 8.31. The van der Waals surface area contributed by atoms with Gasteiger partial charge in [-0.3, -0.25) is 4.99 Å². The molecule has 2 unspecified atom stereocenters. The molecular formula is C19H34N4. The van der Waals surface area contributed by atoms with E-state index in [0.29, 0.717) is 12.1 Å². The van der Waals surface area contributed by atoms with Crippen LogP contribution in [0, 0.1) is 11.8 Å². The predicted molar refractivity (Wildman–Crippen MR) is 95.7 cm³/mol. The highest BCUT2D eigenvalue weighted by Crippen LogP contribution is 2.44. The predicted octanol–water partition coefficient (Wildman–Crippen LogP) is 2.75. The number of rotatable bonds is 4. The van der Waals surface area contributed by atoms with Crippen molar-refractivity contribution >= 4 is 5.96 Å². The maximum atomic E-state index is 4.49. The number of piperidine rings is 1. The second kappa shape index (κ2) is 7.00. The standard InChI is InChI=1S/C19H34N4/c1-20-19(21-15-9-11-23(12-10-15)16-7-8-16)22-18-13-17(18)14-5-3-2-4-6-14/h14-18H,2-13H2,1H3,(H2,20,21,22). The maximum absolute atomic E-state index is 4.49. The molecule has 23 heavy (non-hydrogen) atoms. The van der Waals surface area contributed by atoms with Crippen molar-refractivity contribution in [1.29, 1.82) is 0 Å². The fraction of sp³-hybridized carbons (Fsp3) is 0.947. The van der Waals surface area contributed by atoms with Crippen molar-refractivity contribution in [1.82, 2.24) is 15.5 Å². The summed E-state index contributed by atoms with van der Waals surface area (Å²) in [5, 5.41) is 7.40. The minimum Gasteiger partial charge on any atom is -0.354 e. The summed E-state index contributed by atoms with van der Waals surface area (Å²) in [4.78, 5) is 7.18. The molecule has 0 bridgehead atoms. The zero-order chi connectivity index (χ0) is 15.6. The average Bonchev–Trinajstić information content (AvgIpc) is 3.50. The number of aliphatic imine (C=N–C) groups is 1. The van der Waals surface area contributed by atoms with Gasteiger partial charge in [-0.15, -0.1) is 0 Å². The van der Waals surface area contributed by atoms with Crippen LogP contribution in [0.2, 0.25) is 0 Å². The largest absolute Gasteiger partial charge is 0.354 e. The molecule has 0 aromatic carbocycles. The van der Waals surface area contributed by atoms with Gasteiger partial charge in [0, 0.05) is 38.3 Å². The smallest absolute Gasteiger partial charge is 0.191 e.